The molecule has 1 unspecified atom stereocenters. The van der Waals surface area contributed by atoms with Crippen LogP contribution in [0.15, 0.2) is 28.8 Å². The number of aryl methyl sites for hydroxylation is 1. The Morgan fingerprint density at radius 2 is 2.08 bits per heavy atom. The zero-order chi connectivity index (χ0) is 17.8. The quantitative estimate of drug-likeness (QED) is 0.862. The Morgan fingerprint density at radius 3 is 2.76 bits per heavy atom. The number of ketones is 1. The van der Waals surface area contributed by atoms with Gasteiger partial charge in [0.05, 0.1) is 11.8 Å². The van der Waals surface area contributed by atoms with E-state index in [0.717, 1.165) is 60.6 Å². The first-order valence-electron chi connectivity index (χ1n) is 8.95. The number of Topliss-reactive ketones (excluding diaryl/α,β-unsaturated/α-hetero) is 1. The van der Waals surface area contributed by atoms with Crippen molar-refractivity contribution in [3.8, 4) is 17.1 Å². The number of benzene rings is 1. The van der Waals surface area contributed by atoms with Crippen molar-refractivity contribution in [3.05, 3.63) is 35.5 Å². The summed E-state index contributed by atoms with van der Waals surface area (Å²) in [5.74, 6) is 2.07. The maximum atomic E-state index is 11.6. The van der Waals surface area contributed by atoms with Crippen molar-refractivity contribution in [1.29, 1.82) is 0 Å². The highest BCUT2D eigenvalue weighted by molar-refractivity contribution is 5.78. The van der Waals surface area contributed by atoms with E-state index >= 15 is 0 Å². The lowest BCUT2D eigenvalue weighted by atomic mass is 9.85. The van der Waals surface area contributed by atoms with E-state index in [1.165, 1.54) is 0 Å². The SMILES string of the molecule is CNCc1c(C)noc1-c1ccc(O[C@H]2CCCC(C(C)=O)C2)cc1. The molecule has 3 rings (SSSR count). The van der Waals surface area contributed by atoms with E-state index in [2.05, 4.69) is 10.5 Å². The van der Waals surface area contributed by atoms with Gasteiger partial charge in [0.25, 0.3) is 0 Å². The first-order chi connectivity index (χ1) is 12.1. The fourth-order valence-corrected chi connectivity index (χ4v) is 3.50. The number of aromatic nitrogens is 1. The molecule has 1 heterocycles. The van der Waals surface area contributed by atoms with Gasteiger partial charge in [0.1, 0.15) is 11.5 Å². The van der Waals surface area contributed by atoms with E-state index in [0.29, 0.717) is 0 Å². The van der Waals surface area contributed by atoms with Crippen molar-refractivity contribution in [1.82, 2.24) is 10.5 Å². The van der Waals surface area contributed by atoms with Crippen LogP contribution in [0.1, 0.15) is 43.9 Å². The van der Waals surface area contributed by atoms with E-state index in [-0.39, 0.29) is 17.8 Å². The van der Waals surface area contributed by atoms with Gasteiger partial charge in [-0.05, 0) is 70.8 Å². The predicted molar refractivity (Wildman–Crippen MR) is 96.5 cm³/mol. The van der Waals surface area contributed by atoms with Crippen LogP contribution in [0.4, 0.5) is 0 Å². The molecule has 1 aliphatic carbocycles. The van der Waals surface area contributed by atoms with Gasteiger partial charge in [-0.15, -0.1) is 0 Å². The summed E-state index contributed by atoms with van der Waals surface area (Å²) in [6.45, 7) is 4.35. The highest BCUT2D eigenvalue weighted by Crippen LogP contribution is 2.31. The van der Waals surface area contributed by atoms with E-state index < -0.39 is 0 Å². The number of carbonyl (C=O) groups excluding carboxylic acids is 1. The molecule has 134 valence electrons. The molecule has 1 N–H and O–H groups in total. The maximum Gasteiger partial charge on any atom is 0.171 e. The average Bonchev–Trinajstić information content (AvgIpc) is 2.97. The zero-order valence-electron chi connectivity index (χ0n) is 15.2. The molecule has 1 aromatic carbocycles. The minimum Gasteiger partial charge on any atom is -0.490 e. The lowest BCUT2D eigenvalue weighted by molar-refractivity contribution is -0.122. The molecule has 0 bridgehead atoms. The molecule has 0 aliphatic heterocycles. The van der Waals surface area contributed by atoms with Gasteiger partial charge in [0.15, 0.2) is 5.76 Å². The summed E-state index contributed by atoms with van der Waals surface area (Å²) >= 11 is 0. The van der Waals surface area contributed by atoms with Crippen molar-refractivity contribution < 1.29 is 14.1 Å². The highest BCUT2D eigenvalue weighted by Gasteiger charge is 2.26. The van der Waals surface area contributed by atoms with E-state index in [4.69, 9.17) is 9.26 Å². The van der Waals surface area contributed by atoms with Crippen LogP contribution in [0.3, 0.4) is 0 Å². The molecule has 5 nitrogen and oxygen atoms in total. The number of hydrogen-bond donors (Lipinski definition) is 1. The fourth-order valence-electron chi connectivity index (χ4n) is 3.50. The molecule has 2 aromatic rings. The van der Waals surface area contributed by atoms with E-state index in [9.17, 15) is 4.79 Å². The van der Waals surface area contributed by atoms with Crippen molar-refractivity contribution in [2.24, 2.45) is 5.92 Å². The van der Waals surface area contributed by atoms with Crippen LogP contribution in [0.2, 0.25) is 0 Å². The number of ether oxygens (including phenoxy) is 1. The summed E-state index contributed by atoms with van der Waals surface area (Å²) in [6.07, 6.45) is 4.01. The fraction of sp³-hybridized carbons (Fsp3) is 0.500. The average molecular weight is 342 g/mol. The number of carbonyl (C=O) groups is 1. The van der Waals surface area contributed by atoms with Crippen LogP contribution in [-0.4, -0.2) is 24.1 Å². The Kier molecular flexibility index (Phi) is 5.53. The molecule has 0 spiro atoms. The summed E-state index contributed by atoms with van der Waals surface area (Å²) in [6, 6.07) is 7.93. The highest BCUT2D eigenvalue weighted by atomic mass is 16.5. The Labute approximate surface area is 148 Å². The summed E-state index contributed by atoms with van der Waals surface area (Å²) in [7, 11) is 1.91. The number of nitrogens with one attached hydrogen (secondary N) is 1. The Morgan fingerprint density at radius 1 is 1.32 bits per heavy atom. The first kappa shape index (κ1) is 17.7. The van der Waals surface area contributed by atoms with Gasteiger partial charge in [0, 0.05) is 23.6 Å². The largest absolute Gasteiger partial charge is 0.490 e. The third-order valence-electron chi connectivity index (χ3n) is 4.96. The second-order valence-corrected chi connectivity index (χ2v) is 6.84. The Hall–Kier alpha value is -2.14. The van der Waals surface area contributed by atoms with Crippen LogP contribution in [0.25, 0.3) is 11.3 Å². The molecule has 1 saturated carbocycles. The van der Waals surface area contributed by atoms with Crippen molar-refractivity contribution >= 4 is 5.78 Å². The third kappa shape index (κ3) is 4.10. The number of hydrogen-bond acceptors (Lipinski definition) is 5. The van der Waals surface area contributed by atoms with Crippen molar-refractivity contribution in [3.63, 3.8) is 0 Å². The Balaban J connectivity index is 1.69. The van der Waals surface area contributed by atoms with Gasteiger partial charge < -0.3 is 14.6 Å². The van der Waals surface area contributed by atoms with E-state index in [1.54, 1.807) is 6.92 Å². The molecule has 2 atom stereocenters. The standard InChI is InChI=1S/C20H26N2O3/c1-13-19(12-21-3)20(25-22-13)15-7-9-17(10-8-15)24-18-6-4-5-16(11-18)14(2)23/h7-10,16,18,21H,4-6,11-12H2,1-3H3/t16?,18-/m0/s1. The minimum atomic E-state index is 0.126. The first-order valence-corrected chi connectivity index (χ1v) is 8.95. The molecular formula is C20H26N2O3. The second-order valence-electron chi connectivity index (χ2n) is 6.84. The van der Waals surface area contributed by atoms with Gasteiger partial charge in [-0.25, -0.2) is 0 Å². The molecule has 25 heavy (non-hydrogen) atoms. The van der Waals surface area contributed by atoms with E-state index in [1.807, 2.05) is 38.2 Å². The predicted octanol–water partition coefficient (Wildman–Crippen LogP) is 3.90. The summed E-state index contributed by atoms with van der Waals surface area (Å²) in [5.41, 5.74) is 2.97. The van der Waals surface area contributed by atoms with Gasteiger partial charge in [-0.3, -0.25) is 4.79 Å². The molecule has 0 amide bonds. The smallest absolute Gasteiger partial charge is 0.171 e. The van der Waals surface area contributed by atoms with Crippen molar-refractivity contribution in [2.75, 3.05) is 7.05 Å². The zero-order valence-corrected chi connectivity index (χ0v) is 15.2. The minimum absolute atomic E-state index is 0.126. The molecule has 5 heteroatoms. The van der Waals surface area contributed by atoms with Crippen LogP contribution < -0.4 is 10.1 Å². The van der Waals surface area contributed by atoms with Gasteiger partial charge in [0.2, 0.25) is 0 Å². The van der Waals surface area contributed by atoms with Crippen molar-refractivity contribution in [2.45, 2.75) is 52.2 Å². The molecule has 0 saturated heterocycles. The van der Waals surface area contributed by atoms with Gasteiger partial charge >= 0.3 is 0 Å². The molecule has 1 aliphatic rings. The number of nitrogens with zero attached hydrogens (tertiary/aromatic N) is 1. The normalized spacial score (nSPS) is 20.4. The summed E-state index contributed by atoms with van der Waals surface area (Å²) < 4.78 is 11.6. The van der Waals surface area contributed by atoms with Gasteiger partial charge in [-0.1, -0.05) is 5.16 Å². The third-order valence-corrected chi connectivity index (χ3v) is 4.96. The molecule has 1 fully saturated rings. The van der Waals surface area contributed by atoms with Crippen LogP contribution in [0.5, 0.6) is 5.75 Å². The summed E-state index contributed by atoms with van der Waals surface area (Å²) in [4.78, 5) is 11.6. The van der Waals surface area contributed by atoms with Crippen LogP contribution in [0, 0.1) is 12.8 Å². The lowest BCUT2D eigenvalue weighted by Crippen LogP contribution is -2.28. The number of rotatable bonds is 6. The maximum absolute atomic E-state index is 11.6. The van der Waals surface area contributed by atoms with Gasteiger partial charge in [-0.2, -0.15) is 0 Å². The molecule has 1 aromatic heterocycles. The lowest BCUT2D eigenvalue weighted by Gasteiger charge is -2.28. The summed E-state index contributed by atoms with van der Waals surface area (Å²) in [5, 5.41) is 7.22. The molecular weight excluding hydrogens is 316 g/mol. The molecule has 0 radical (unpaired) electrons. The second kappa shape index (κ2) is 7.83. The topological polar surface area (TPSA) is 64.4 Å². The van der Waals surface area contributed by atoms with Crippen LogP contribution >= 0.6 is 0 Å². The monoisotopic (exact) mass is 342 g/mol. The van der Waals surface area contributed by atoms with Crippen LogP contribution in [-0.2, 0) is 11.3 Å². The Bertz CT molecular complexity index is 721.